The minimum atomic E-state index is 0.159. The van der Waals surface area contributed by atoms with Crippen molar-refractivity contribution in [2.24, 2.45) is 5.73 Å². The summed E-state index contributed by atoms with van der Waals surface area (Å²) in [6.07, 6.45) is 3.29. The molecule has 0 atom stereocenters. The summed E-state index contributed by atoms with van der Waals surface area (Å²) in [7, 11) is 0. The molecule has 5 heteroatoms. The Labute approximate surface area is 102 Å². The lowest BCUT2D eigenvalue weighted by Gasteiger charge is -2.22. The second kappa shape index (κ2) is 6.81. The maximum Gasteiger partial charge on any atom is 0.225 e. The van der Waals surface area contributed by atoms with Gasteiger partial charge in [-0.1, -0.05) is 12.2 Å². The van der Waals surface area contributed by atoms with Crippen molar-refractivity contribution in [2.75, 3.05) is 19.8 Å². The summed E-state index contributed by atoms with van der Waals surface area (Å²) in [5.74, 6) is 0.159. The van der Waals surface area contributed by atoms with Crippen molar-refractivity contribution in [3.63, 3.8) is 0 Å². The van der Waals surface area contributed by atoms with E-state index in [2.05, 4.69) is 0 Å². The van der Waals surface area contributed by atoms with Gasteiger partial charge in [-0.3, -0.25) is 4.79 Å². The van der Waals surface area contributed by atoms with E-state index in [1.807, 2.05) is 11.8 Å². The number of carbonyl (C=O) groups excluding carboxylic acids is 1. The van der Waals surface area contributed by atoms with E-state index in [0.29, 0.717) is 43.6 Å². The average Bonchev–Trinajstić information content (AvgIpc) is 3.02. The maximum atomic E-state index is 11.9. The first-order valence-corrected chi connectivity index (χ1v) is 6.21. The summed E-state index contributed by atoms with van der Waals surface area (Å²) in [5.41, 5.74) is 5.45. The van der Waals surface area contributed by atoms with Gasteiger partial charge in [-0.05, 0) is 19.8 Å². The maximum absolute atomic E-state index is 11.9. The monoisotopic (exact) mass is 244 g/mol. The molecule has 0 aromatic carbocycles. The molecular weight excluding hydrogens is 224 g/mol. The fourth-order valence-corrected chi connectivity index (χ4v) is 1.67. The van der Waals surface area contributed by atoms with Gasteiger partial charge in [-0.2, -0.15) is 0 Å². The Morgan fingerprint density at radius 2 is 2.19 bits per heavy atom. The molecule has 4 nitrogen and oxygen atoms in total. The van der Waals surface area contributed by atoms with Crippen LogP contribution in [0.5, 0.6) is 0 Å². The number of amides is 1. The van der Waals surface area contributed by atoms with E-state index < -0.39 is 0 Å². The van der Waals surface area contributed by atoms with Crippen molar-refractivity contribution in [1.82, 2.24) is 4.90 Å². The number of carbonyl (C=O) groups is 1. The number of nitrogens with zero attached hydrogens (tertiary/aromatic N) is 1. The average molecular weight is 244 g/mol. The first-order valence-electron chi connectivity index (χ1n) is 5.80. The van der Waals surface area contributed by atoms with Crippen LogP contribution in [-0.4, -0.2) is 41.6 Å². The zero-order valence-corrected chi connectivity index (χ0v) is 10.6. The largest absolute Gasteiger partial charge is 0.393 e. The molecule has 1 aliphatic carbocycles. The van der Waals surface area contributed by atoms with E-state index in [0.717, 1.165) is 12.8 Å². The Morgan fingerprint density at radius 1 is 1.50 bits per heavy atom. The van der Waals surface area contributed by atoms with Crippen molar-refractivity contribution < 1.29 is 9.53 Å². The molecule has 92 valence electrons. The first kappa shape index (κ1) is 13.4. The van der Waals surface area contributed by atoms with Gasteiger partial charge in [0.25, 0.3) is 0 Å². The van der Waals surface area contributed by atoms with Gasteiger partial charge in [0.15, 0.2) is 0 Å². The van der Waals surface area contributed by atoms with E-state index in [4.69, 9.17) is 22.7 Å². The van der Waals surface area contributed by atoms with Gasteiger partial charge in [-0.25, -0.2) is 0 Å². The van der Waals surface area contributed by atoms with Gasteiger partial charge in [0.05, 0.1) is 18.0 Å². The van der Waals surface area contributed by atoms with E-state index >= 15 is 0 Å². The molecule has 0 unspecified atom stereocenters. The second-order valence-corrected chi connectivity index (χ2v) is 4.51. The van der Waals surface area contributed by atoms with Crippen LogP contribution >= 0.6 is 12.2 Å². The molecule has 0 heterocycles. The highest BCUT2D eigenvalue weighted by Crippen LogP contribution is 2.27. The van der Waals surface area contributed by atoms with Crippen LogP contribution in [0.2, 0.25) is 0 Å². The van der Waals surface area contributed by atoms with Gasteiger partial charge in [0.2, 0.25) is 5.91 Å². The Balaban J connectivity index is 2.30. The SMILES string of the molecule is CCOCCC(=O)N(CCC(N)=S)C1CC1. The molecule has 0 bridgehead atoms. The summed E-state index contributed by atoms with van der Waals surface area (Å²) in [5, 5.41) is 0. The highest BCUT2D eigenvalue weighted by atomic mass is 32.1. The normalized spacial score (nSPS) is 14.8. The molecule has 1 fully saturated rings. The van der Waals surface area contributed by atoms with Crippen LogP contribution in [0.25, 0.3) is 0 Å². The number of rotatable bonds is 8. The van der Waals surface area contributed by atoms with Crippen LogP contribution in [0.15, 0.2) is 0 Å². The summed E-state index contributed by atoms with van der Waals surface area (Å²) in [6.45, 7) is 3.75. The lowest BCUT2D eigenvalue weighted by Crippen LogP contribution is -2.36. The molecule has 0 spiro atoms. The van der Waals surface area contributed by atoms with Crippen molar-refractivity contribution in [3.8, 4) is 0 Å². The van der Waals surface area contributed by atoms with E-state index in [1.54, 1.807) is 0 Å². The standard InChI is InChI=1S/C11H20N2O2S/c1-2-15-8-6-11(14)13(9-3-4-9)7-5-10(12)16/h9H,2-8H2,1H3,(H2,12,16). The molecule has 0 saturated heterocycles. The smallest absolute Gasteiger partial charge is 0.225 e. The van der Waals surface area contributed by atoms with E-state index in [9.17, 15) is 4.79 Å². The van der Waals surface area contributed by atoms with Crippen molar-refractivity contribution in [1.29, 1.82) is 0 Å². The molecule has 16 heavy (non-hydrogen) atoms. The predicted molar refractivity (Wildman–Crippen MR) is 67.2 cm³/mol. The fraction of sp³-hybridized carbons (Fsp3) is 0.818. The summed E-state index contributed by atoms with van der Waals surface area (Å²) in [6, 6.07) is 0.420. The molecule has 0 radical (unpaired) electrons. The third-order valence-corrected chi connectivity index (χ3v) is 2.78. The van der Waals surface area contributed by atoms with Crippen LogP contribution in [0.3, 0.4) is 0 Å². The summed E-state index contributed by atoms with van der Waals surface area (Å²) in [4.78, 5) is 14.3. The molecule has 1 rings (SSSR count). The highest BCUT2D eigenvalue weighted by molar-refractivity contribution is 7.80. The van der Waals surface area contributed by atoms with Gasteiger partial charge in [-0.15, -0.1) is 0 Å². The Kier molecular flexibility index (Phi) is 5.69. The minimum Gasteiger partial charge on any atom is -0.393 e. The van der Waals surface area contributed by atoms with E-state index in [-0.39, 0.29) is 5.91 Å². The third kappa shape index (κ3) is 4.90. The van der Waals surface area contributed by atoms with Gasteiger partial charge in [0.1, 0.15) is 0 Å². The number of hydrogen-bond acceptors (Lipinski definition) is 3. The quantitative estimate of drug-likeness (QED) is 0.513. The van der Waals surface area contributed by atoms with Crippen molar-refractivity contribution >= 4 is 23.1 Å². The molecule has 1 amide bonds. The molecule has 1 aliphatic rings. The van der Waals surface area contributed by atoms with Crippen molar-refractivity contribution in [2.45, 2.75) is 38.6 Å². The van der Waals surface area contributed by atoms with Gasteiger partial charge < -0.3 is 15.4 Å². The number of nitrogens with two attached hydrogens (primary N) is 1. The van der Waals surface area contributed by atoms with Gasteiger partial charge >= 0.3 is 0 Å². The van der Waals surface area contributed by atoms with Crippen LogP contribution in [0.4, 0.5) is 0 Å². The van der Waals surface area contributed by atoms with E-state index in [1.165, 1.54) is 0 Å². The van der Waals surface area contributed by atoms with Gasteiger partial charge in [0, 0.05) is 25.6 Å². The fourth-order valence-electron chi connectivity index (χ4n) is 1.58. The molecule has 2 N–H and O–H groups in total. The van der Waals surface area contributed by atoms with Crippen LogP contribution in [0, 0.1) is 0 Å². The molecule has 1 saturated carbocycles. The highest BCUT2D eigenvalue weighted by Gasteiger charge is 2.31. The minimum absolute atomic E-state index is 0.159. The third-order valence-electron chi connectivity index (χ3n) is 2.57. The lowest BCUT2D eigenvalue weighted by atomic mass is 10.3. The zero-order chi connectivity index (χ0) is 12.0. The Hall–Kier alpha value is -0.680. The second-order valence-electron chi connectivity index (χ2n) is 3.98. The Morgan fingerprint density at radius 3 is 2.69 bits per heavy atom. The van der Waals surface area contributed by atoms with Crippen LogP contribution < -0.4 is 5.73 Å². The zero-order valence-electron chi connectivity index (χ0n) is 9.78. The van der Waals surface area contributed by atoms with Crippen molar-refractivity contribution in [3.05, 3.63) is 0 Å². The van der Waals surface area contributed by atoms with Crippen LogP contribution in [-0.2, 0) is 9.53 Å². The molecule has 0 aromatic rings. The predicted octanol–water partition coefficient (Wildman–Crippen LogP) is 1.08. The number of hydrogen-bond donors (Lipinski definition) is 1. The molecule has 0 aliphatic heterocycles. The summed E-state index contributed by atoms with van der Waals surface area (Å²) >= 11 is 4.83. The topological polar surface area (TPSA) is 55.6 Å². The number of ether oxygens (including phenoxy) is 1. The Bertz CT molecular complexity index is 254. The number of thiocarbonyl (C=S) groups is 1. The lowest BCUT2D eigenvalue weighted by molar-refractivity contribution is -0.132. The summed E-state index contributed by atoms with van der Waals surface area (Å²) < 4.78 is 5.18. The molecule has 0 aromatic heterocycles. The van der Waals surface area contributed by atoms with Crippen LogP contribution in [0.1, 0.15) is 32.6 Å². The molecular formula is C11H20N2O2S. The first-order chi connectivity index (χ1) is 7.65.